The molecule has 29 nitrogen and oxygen atoms in total. The monoisotopic (exact) mass is 1220 g/mol. The molecule has 14 N–H and O–H groups in total. The van der Waals surface area contributed by atoms with E-state index < -0.39 is 123 Å². The van der Waals surface area contributed by atoms with Crippen LogP contribution in [0.15, 0.2) is 0 Å². The second-order valence-corrected chi connectivity index (χ2v) is 21.6. The van der Waals surface area contributed by atoms with Gasteiger partial charge in [-0.1, -0.05) is 28.2 Å². The van der Waals surface area contributed by atoms with Gasteiger partial charge in [0.15, 0.2) is 18.9 Å². The fraction of sp³-hybridized carbons (Fsp3) is 0.909. The molecule has 0 saturated carbocycles. The third-order valence-corrected chi connectivity index (χ3v) is 14.2. The van der Waals surface area contributed by atoms with Crippen LogP contribution in [-0.2, 0) is 71.3 Å². The molecule has 3 fully saturated rings. The predicted molar refractivity (Wildman–Crippen MR) is 298 cm³/mol. The van der Waals surface area contributed by atoms with Crippen LogP contribution in [0.2, 0.25) is 0 Å². The molecule has 6 unspecified atom stereocenters. The van der Waals surface area contributed by atoms with Crippen LogP contribution in [0.5, 0.6) is 0 Å². The lowest BCUT2D eigenvalue weighted by Crippen LogP contribution is -2.58. The first-order chi connectivity index (χ1) is 39.7. The number of nitrogens with one attached hydrogen (secondary N) is 5. The number of amides is 5. The van der Waals surface area contributed by atoms with E-state index >= 15 is 0 Å². The summed E-state index contributed by atoms with van der Waals surface area (Å²) in [7, 11) is 0. The van der Waals surface area contributed by atoms with Crippen LogP contribution in [0.1, 0.15) is 106 Å². The summed E-state index contributed by atoms with van der Waals surface area (Å²) in [4.78, 5) is 65.0. The van der Waals surface area contributed by atoms with Crippen molar-refractivity contribution in [2.45, 2.75) is 192 Å². The molecular weight excluding hydrogens is 1110 g/mol. The number of aliphatic hydroxyl groups is 9. The lowest BCUT2D eigenvalue weighted by molar-refractivity contribution is -0.282. The molecule has 3 rings (SSSR count). The van der Waals surface area contributed by atoms with E-state index in [4.69, 9.17) is 47.4 Å². The zero-order chi connectivity index (χ0) is 61.3. The summed E-state index contributed by atoms with van der Waals surface area (Å²) in [5.74, 6) is -3.58. The van der Waals surface area contributed by atoms with Gasteiger partial charge in [-0.25, -0.2) is 0 Å². The van der Waals surface area contributed by atoms with Gasteiger partial charge in [-0.3, -0.25) is 24.0 Å². The zero-order valence-electron chi connectivity index (χ0n) is 49.0. The van der Waals surface area contributed by atoms with Crippen LogP contribution in [0, 0.1) is 17.8 Å². The molecule has 0 aromatic heterocycles. The molecule has 3 aliphatic rings. The number of carbonyl (C=O) groups excluding carboxylic acids is 5. The van der Waals surface area contributed by atoms with Crippen molar-refractivity contribution in [3.8, 4) is 0 Å². The van der Waals surface area contributed by atoms with Crippen LogP contribution >= 0.6 is 0 Å². The summed E-state index contributed by atoms with van der Waals surface area (Å²) >= 11 is 0. The minimum atomic E-state index is -1.45. The van der Waals surface area contributed by atoms with Crippen LogP contribution in [-0.4, -0.2) is 273 Å². The Hall–Kier alpha value is -3.41. The van der Waals surface area contributed by atoms with Crippen molar-refractivity contribution in [3.05, 3.63) is 0 Å². The average molecular weight is 1220 g/mol. The minimum Gasteiger partial charge on any atom is -0.394 e. The molecule has 0 spiro atoms. The first-order valence-electron chi connectivity index (χ1n) is 29.1. The highest BCUT2D eigenvalue weighted by Gasteiger charge is 2.45. The fourth-order valence-corrected chi connectivity index (χ4v) is 9.00. The van der Waals surface area contributed by atoms with Crippen LogP contribution < -0.4 is 26.6 Å². The van der Waals surface area contributed by atoms with Gasteiger partial charge in [-0.2, -0.15) is 0 Å². The normalized spacial score (nSPS) is 28.6. The quantitative estimate of drug-likeness (QED) is 0.0265. The van der Waals surface area contributed by atoms with Crippen molar-refractivity contribution in [1.29, 1.82) is 0 Å². The van der Waals surface area contributed by atoms with Gasteiger partial charge in [0.05, 0.1) is 104 Å². The lowest BCUT2D eigenvalue weighted by Gasteiger charge is -2.40. The van der Waals surface area contributed by atoms with Crippen LogP contribution in [0.4, 0.5) is 0 Å². The predicted octanol–water partition coefficient (Wildman–Crippen LogP) is -3.41. The molecule has 0 aromatic rings. The molecular formula is C55H103N5O24. The Morgan fingerprint density at radius 2 is 0.726 bits per heavy atom. The number of aliphatic hydroxyl groups excluding tert-OH is 9. The Labute approximate surface area is 493 Å². The molecule has 0 bridgehead atoms. The van der Waals surface area contributed by atoms with E-state index in [9.17, 15) is 69.9 Å². The lowest BCUT2D eigenvalue weighted by atomic mass is 9.92. The SMILES string of the molecule is C.CC(C)OCCCNC(=O)CCCC(=O)NC(COCCC(=O)NCCCO[C@@H]1OC(CO)[C@H](O)[C@H](O)C1C)(COCCC(=O)NCCCO[C@@H]1OC(CO)[C@H](O)[C@H](O)C1C)COCCC(=O)NCCCO[C@@H]1OC(CO)[C@H](O)[C@H](O)C1C. The Bertz CT molecular complexity index is 1670. The topological polar surface area (TPSA) is 420 Å². The largest absolute Gasteiger partial charge is 0.394 e. The van der Waals surface area contributed by atoms with E-state index in [1.807, 2.05) is 13.8 Å². The second kappa shape index (κ2) is 42.5. The third-order valence-electron chi connectivity index (χ3n) is 14.2. The second-order valence-electron chi connectivity index (χ2n) is 21.6. The average Bonchev–Trinajstić information content (AvgIpc) is 3.44. The van der Waals surface area contributed by atoms with Crippen molar-refractivity contribution in [3.63, 3.8) is 0 Å². The van der Waals surface area contributed by atoms with Gasteiger partial charge < -0.3 is 120 Å². The van der Waals surface area contributed by atoms with E-state index in [0.29, 0.717) is 38.8 Å². The molecule has 0 aromatic carbocycles. The summed E-state index contributed by atoms with van der Waals surface area (Å²) in [5, 5.41) is 104. The summed E-state index contributed by atoms with van der Waals surface area (Å²) in [5.41, 5.74) is -1.45. The first kappa shape index (κ1) is 76.7. The number of hydrogen-bond donors (Lipinski definition) is 14. The number of carbonyl (C=O) groups is 5. The summed E-state index contributed by atoms with van der Waals surface area (Å²) < 4.78 is 57.5. The maximum atomic E-state index is 13.7. The number of hydrogen-bond acceptors (Lipinski definition) is 24. The summed E-state index contributed by atoms with van der Waals surface area (Å²) in [6, 6.07) is 0. The molecule has 3 aliphatic heterocycles. The Kier molecular flexibility index (Phi) is 38.8. The number of ether oxygens (including phenoxy) is 10. The van der Waals surface area contributed by atoms with Gasteiger partial charge in [0.25, 0.3) is 0 Å². The molecule has 3 saturated heterocycles. The van der Waals surface area contributed by atoms with Crippen LogP contribution in [0.25, 0.3) is 0 Å². The Morgan fingerprint density at radius 1 is 0.429 bits per heavy atom. The smallest absolute Gasteiger partial charge is 0.222 e. The van der Waals surface area contributed by atoms with Crippen molar-refractivity contribution in [2.75, 3.05) is 112 Å². The molecule has 5 amide bonds. The van der Waals surface area contributed by atoms with Gasteiger partial charge in [-0.05, 0) is 46.0 Å². The van der Waals surface area contributed by atoms with Gasteiger partial charge in [-0.15, -0.1) is 0 Å². The Morgan fingerprint density at radius 3 is 1.04 bits per heavy atom. The van der Waals surface area contributed by atoms with Gasteiger partial charge in [0.1, 0.15) is 42.2 Å². The maximum Gasteiger partial charge on any atom is 0.222 e. The highest BCUT2D eigenvalue weighted by molar-refractivity contribution is 5.79. The minimum absolute atomic E-state index is 0. The van der Waals surface area contributed by atoms with Crippen molar-refractivity contribution >= 4 is 29.5 Å². The van der Waals surface area contributed by atoms with E-state index in [1.165, 1.54) is 0 Å². The molecule has 0 aliphatic carbocycles. The molecule has 84 heavy (non-hydrogen) atoms. The van der Waals surface area contributed by atoms with E-state index in [-0.39, 0.29) is 155 Å². The van der Waals surface area contributed by atoms with E-state index in [2.05, 4.69) is 26.6 Å². The highest BCUT2D eigenvalue weighted by atomic mass is 16.7. The molecule has 29 heteroatoms. The Balaban J connectivity index is 0.0000241. The van der Waals surface area contributed by atoms with Gasteiger partial charge in [0, 0.05) is 82.6 Å². The van der Waals surface area contributed by atoms with Crippen molar-refractivity contribution in [1.82, 2.24) is 26.6 Å². The molecule has 15 atom stereocenters. The van der Waals surface area contributed by atoms with E-state index in [1.54, 1.807) is 20.8 Å². The molecule has 492 valence electrons. The zero-order valence-corrected chi connectivity index (χ0v) is 49.0. The van der Waals surface area contributed by atoms with Crippen LogP contribution in [0.3, 0.4) is 0 Å². The van der Waals surface area contributed by atoms with E-state index in [0.717, 1.165) is 0 Å². The highest BCUT2D eigenvalue weighted by Crippen LogP contribution is 2.29. The molecule has 0 radical (unpaired) electrons. The van der Waals surface area contributed by atoms with Crippen molar-refractivity contribution in [2.24, 2.45) is 17.8 Å². The number of rotatable bonds is 43. The maximum absolute atomic E-state index is 13.7. The molecule has 3 heterocycles. The van der Waals surface area contributed by atoms with Gasteiger partial charge in [0.2, 0.25) is 29.5 Å². The standard InChI is InChI=1S/C54H99N5O24.CH4/c1-33(2)77-20-7-16-55-40(63)11-6-12-44(67)59-54(30-74-24-13-41(64)56-17-8-21-78-51-34(3)45(68)48(71)37(27-60)81-51,31-75-25-14-42(65)57-18-9-22-79-52-35(4)46(69)49(72)38(28-61)82-52)32-76-26-15-43(66)58-19-10-23-80-53-36(5)47(70)50(73)39(29-62)83-53;/h33-39,45-53,60-62,68-73H,6-32H2,1-5H3,(H,55,63)(H,56,64)(H,57,65)(H,58,66)(H,59,67);1H4/t34?,35?,36?,37?,38?,39?,45-,46-,47-,48+,49+,50+,51-,52-,53-,54?;/m1./s1. The van der Waals surface area contributed by atoms with Crippen molar-refractivity contribution < 1.29 is 117 Å². The summed E-state index contributed by atoms with van der Waals surface area (Å²) in [6.45, 7) is 7.97. The fourth-order valence-electron chi connectivity index (χ4n) is 9.00. The first-order valence-corrected chi connectivity index (χ1v) is 29.1. The summed E-state index contributed by atoms with van der Waals surface area (Å²) in [6.07, 6.45) is -11.4. The van der Waals surface area contributed by atoms with Gasteiger partial charge >= 0.3 is 0 Å². The third kappa shape index (κ3) is 28.2.